The van der Waals surface area contributed by atoms with Crippen LogP contribution >= 0.6 is 0 Å². The molecule has 0 spiro atoms. The fraction of sp³-hybridized carbons (Fsp3) is 0.526. The third-order valence-corrected chi connectivity index (χ3v) is 4.77. The van der Waals surface area contributed by atoms with Crippen molar-refractivity contribution in [2.45, 2.75) is 6.61 Å². The standard InChI is InChI=1S/C19H27N5O8/c25-17(26)11-22-8-7-21(6-5-20-23(10-9-22)12-18(27)28)13-19(29)32-14-15-1-3-16(4-2-15)24(30)31/h1-4,20H,5-14H2,(H,25,26)(H,27,28). The number of nitrogens with zero attached hydrogens (tertiary/aromatic N) is 4. The van der Waals surface area contributed by atoms with E-state index in [2.05, 4.69) is 5.43 Å². The summed E-state index contributed by atoms with van der Waals surface area (Å²) in [6, 6.07) is 5.69. The Bertz CT molecular complexity index is 803. The van der Waals surface area contributed by atoms with Gasteiger partial charge in [-0.05, 0) is 17.7 Å². The zero-order valence-electron chi connectivity index (χ0n) is 17.5. The van der Waals surface area contributed by atoms with E-state index in [0.29, 0.717) is 44.8 Å². The molecule has 3 N–H and O–H groups in total. The van der Waals surface area contributed by atoms with Gasteiger partial charge < -0.3 is 14.9 Å². The van der Waals surface area contributed by atoms with Gasteiger partial charge >= 0.3 is 17.9 Å². The van der Waals surface area contributed by atoms with Crippen LogP contribution in [-0.2, 0) is 25.7 Å². The Morgan fingerprint density at radius 3 is 2.12 bits per heavy atom. The van der Waals surface area contributed by atoms with Gasteiger partial charge in [0.05, 0.1) is 18.0 Å². The molecule has 13 heteroatoms. The summed E-state index contributed by atoms with van der Waals surface area (Å²) in [5.41, 5.74) is 3.56. The molecule has 32 heavy (non-hydrogen) atoms. The molecule has 1 aromatic rings. The van der Waals surface area contributed by atoms with Gasteiger partial charge in [-0.1, -0.05) is 0 Å². The predicted octanol–water partition coefficient (Wildman–Crippen LogP) is -0.769. The fourth-order valence-corrected chi connectivity index (χ4v) is 3.13. The first kappa shape index (κ1) is 25.1. The van der Waals surface area contributed by atoms with Gasteiger partial charge in [-0.3, -0.25) is 39.7 Å². The molecule has 1 fully saturated rings. The summed E-state index contributed by atoms with van der Waals surface area (Å²) in [6.45, 7) is 1.85. The smallest absolute Gasteiger partial charge is 0.320 e. The number of benzene rings is 1. The molecule has 176 valence electrons. The average molecular weight is 453 g/mol. The number of hydrogen-bond donors (Lipinski definition) is 3. The predicted molar refractivity (Wildman–Crippen MR) is 111 cm³/mol. The second-order valence-electron chi connectivity index (χ2n) is 7.25. The summed E-state index contributed by atoms with van der Waals surface area (Å²) in [7, 11) is 0. The number of esters is 1. The second kappa shape index (κ2) is 12.7. The molecule has 1 heterocycles. The lowest BCUT2D eigenvalue weighted by Gasteiger charge is -2.31. The van der Waals surface area contributed by atoms with Crippen LogP contribution in [0.4, 0.5) is 5.69 Å². The normalized spacial score (nSPS) is 16.9. The number of non-ortho nitro benzene ring substituents is 1. The van der Waals surface area contributed by atoms with Crippen LogP contribution in [0.3, 0.4) is 0 Å². The van der Waals surface area contributed by atoms with E-state index in [9.17, 15) is 24.5 Å². The summed E-state index contributed by atoms with van der Waals surface area (Å²) in [5.74, 6) is -2.49. The number of carbonyl (C=O) groups is 3. The highest BCUT2D eigenvalue weighted by atomic mass is 16.6. The van der Waals surface area contributed by atoms with E-state index in [4.69, 9.17) is 14.9 Å². The molecule has 0 aliphatic carbocycles. The minimum absolute atomic E-state index is 0.0273. The number of rotatable bonds is 9. The van der Waals surface area contributed by atoms with Gasteiger partial charge in [-0.2, -0.15) is 0 Å². The summed E-state index contributed by atoms with van der Waals surface area (Å²) in [4.78, 5) is 48.1. The number of nitrogens with one attached hydrogen (secondary N) is 1. The number of hydrazine groups is 1. The highest BCUT2D eigenvalue weighted by Gasteiger charge is 2.19. The quantitative estimate of drug-likeness (QED) is 0.243. The van der Waals surface area contributed by atoms with Crippen LogP contribution in [0.25, 0.3) is 0 Å². The van der Waals surface area contributed by atoms with Crippen LogP contribution in [0.15, 0.2) is 24.3 Å². The molecule has 13 nitrogen and oxygen atoms in total. The monoisotopic (exact) mass is 453 g/mol. The first-order chi connectivity index (χ1) is 15.2. The summed E-state index contributed by atoms with van der Waals surface area (Å²) in [6.07, 6.45) is 0. The fourth-order valence-electron chi connectivity index (χ4n) is 3.13. The van der Waals surface area contributed by atoms with Gasteiger partial charge in [0.1, 0.15) is 13.2 Å². The van der Waals surface area contributed by atoms with Crippen molar-refractivity contribution in [1.29, 1.82) is 0 Å². The Morgan fingerprint density at radius 2 is 1.53 bits per heavy atom. The highest BCUT2D eigenvalue weighted by molar-refractivity contribution is 5.71. The van der Waals surface area contributed by atoms with Gasteiger partial charge in [0.15, 0.2) is 0 Å². The molecule has 2 rings (SSSR count). The van der Waals surface area contributed by atoms with E-state index in [1.54, 1.807) is 9.80 Å². The Kier molecular flexibility index (Phi) is 9.94. The van der Waals surface area contributed by atoms with Crippen LogP contribution in [0.1, 0.15) is 5.56 Å². The first-order valence-corrected chi connectivity index (χ1v) is 9.98. The Morgan fingerprint density at radius 1 is 0.938 bits per heavy atom. The number of hydrogen-bond acceptors (Lipinski definition) is 10. The van der Waals surface area contributed by atoms with E-state index in [1.165, 1.54) is 29.3 Å². The minimum atomic E-state index is -1.01. The van der Waals surface area contributed by atoms with Crippen molar-refractivity contribution in [1.82, 2.24) is 20.2 Å². The van der Waals surface area contributed by atoms with E-state index in [0.717, 1.165) is 0 Å². The van der Waals surface area contributed by atoms with Crippen LogP contribution in [0, 0.1) is 10.1 Å². The highest BCUT2D eigenvalue weighted by Crippen LogP contribution is 2.12. The van der Waals surface area contributed by atoms with E-state index < -0.39 is 22.8 Å². The molecular formula is C19H27N5O8. The van der Waals surface area contributed by atoms with Crippen molar-refractivity contribution < 1.29 is 34.3 Å². The van der Waals surface area contributed by atoms with Crippen molar-refractivity contribution >= 4 is 23.6 Å². The maximum absolute atomic E-state index is 12.3. The number of aliphatic carboxylic acids is 2. The molecule has 0 atom stereocenters. The second-order valence-corrected chi connectivity index (χ2v) is 7.25. The number of carboxylic acid groups (broad SMARTS) is 2. The van der Waals surface area contributed by atoms with Gasteiger partial charge in [-0.25, -0.2) is 5.01 Å². The molecule has 1 saturated heterocycles. The van der Waals surface area contributed by atoms with Gasteiger partial charge in [0, 0.05) is 51.4 Å². The third-order valence-electron chi connectivity index (χ3n) is 4.77. The number of nitro benzene ring substituents is 1. The van der Waals surface area contributed by atoms with Crippen LogP contribution in [0.2, 0.25) is 0 Å². The number of nitro groups is 1. The average Bonchev–Trinajstić information content (AvgIpc) is 2.73. The van der Waals surface area contributed by atoms with Crippen LogP contribution < -0.4 is 5.43 Å². The molecule has 0 amide bonds. The van der Waals surface area contributed by atoms with Crippen molar-refractivity contribution in [3.8, 4) is 0 Å². The summed E-state index contributed by atoms with van der Waals surface area (Å²) in [5, 5.41) is 30.4. The minimum Gasteiger partial charge on any atom is -0.480 e. The number of ether oxygens (including phenoxy) is 1. The van der Waals surface area contributed by atoms with Crippen molar-refractivity contribution in [3.63, 3.8) is 0 Å². The summed E-state index contributed by atoms with van der Waals surface area (Å²) < 4.78 is 5.26. The van der Waals surface area contributed by atoms with Gasteiger partial charge in [0.25, 0.3) is 5.69 Å². The Hall–Kier alpha value is -3.13. The maximum Gasteiger partial charge on any atom is 0.320 e. The molecule has 1 aliphatic heterocycles. The van der Waals surface area contributed by atoms with E-state index in [-0.39, 0.29) is 31.9 Å². The molecule has 0 bridgehead atoms. The van der Waals surface area contributed by atoms with Crippen LogP contribution in [-0.4, -0.2) is 107 Å². The van der Waals surface area contributed by atoms with Crippen LogP contribution in [0.5, 0.6) is 0 Å². The molecule has 0 aromatic heterocycles. The van der Waals surface area contributed by atoms with Crippen molar-refractivity contribution in [2.75, 3.05) is 58.9 Å². The molecule has 0 radical (unpaired) electrons. The van der Waals surface area contributed by atoms with Gasteiger partial charge in [-0.15, -0.1) is 0 Å². The number of carbonyl (C=O) groups excluding carboxylic acids is 1. The largest absolute Gasteiger partial charge is 0.480 e. The third kappa shape index (κ3) is 9.34. The van der Waals surface area contributed by atoms with E-state index in [1.807, 2.05) is 0 Å². The molecule has 1 aliphatic rings. The summed E-state index contributed by atoms with van der Waals surface area (Å²) >= 11 is 0. The first-order valence-electron chi connectivity index (χ1n) is 9.98. The van der Waals surface area contributed by atoms with E-state index >= 15 is 0 Å². The molecular weight excluding hydrogens is 426 g/mol. The lowest BCUT2D eigenvalue weighted by molar-refractivity contribution is -0.384. The molecule has 0 unspecified atom stereocenters. The topological polar surface area (TPSA) is 166 Å². The Labute approximate surface area is 184 Å². The molecule has 0 saturated carbocycles. The van der Waals surface area contributed by atoms with Crippen molar-refractivity contribution in [3.05, 3.63) is 39.9 Å². The van der Waals surface area contributed by atoms with Gasteiger partial charge in [0.2, 0.25) is 0 Å². The van der Waals surface area contributed by atoms with Crippen molar-refractivity contribution in [2.24, 2.45) is 0 Å². The zero-order chi connectivity index (χ0) is 23.5. The lowest BCUT2D eigenvalue weighted by Crippen LogP contribution is -2.52. The maximum atomic E-state index is 12.3. The molecule has 1 aromatic carbocycles. The zero-order valence-corrected chi connectivity index (χ0v) is 17.5. The lowest BCUT2D eigenvalue weighted by atomic mass is 10.2. The Balaban J connectivity index is 1.91. The SMILES string of the molecule is O=C(O)CN1CCN(CC(=O)OCc2ccc([N+](=O)[O-])cc2)CCNN(CC(=O)O)CC1. The number of carboxylic acids is 2.